The van der Waals surface area contributed by atoms with Crippen LogP contribution >= 0.6 is 0 Å². The minimum atomic E-state index is -0.0767. The van der Waals surface area contributed by atoms with Crippen LogP contribution in [0.4, 0.5) is 0 Å². The molecule has 3 nitrogen and oxygen atoms in total. The van der Waals surface area contributed by atoms with E-state index < -0.39 is 0 Å². The van der Waals surface area contributed by atoms with Gasteiger partial charge in [0.2, 0.25) is 5.88 Å². The maximum atomic E-state index is 11.6. The second-order valence-electron chi connectivity index (χ2n) is 3.79. The summed E-state index contributed by atoms with van der Waals surface area (Å²) in [6.07, 6.45) is 7.30. The van der Waals surface area contributed by atoms with Gasteiger partial charge < -0.3 is 9.72 Å². The first-order valence-corrected chi connectivity index (χ1v) is 5.21. The molecule has 3 heteroatoms. The Balaban J connectivity index is 1.88. The second kappa shape index (κ2) is 4.31. The van der Waals surface area contributed by atoms with E-state index in [0.29, 0.717) is 5.88 Å². The maximum absolute atomic E-state index is 11.6. The van der Waals surface area contributed by atoms with Crippen LogP contribution in [0.2, 0.25) is 0 Å². The summed E-state index contributed by atoms with van der Waals surface area (Å²) in [4.78, 5) is 14.5. The van der Waals surface area contributed by atoms with Crippen molar-refractivity contribution in [3.05, 3.63) is 18.3 Å². The molecule has 0 unspecified atom stereocenters. The molecule has 14 heavy (non-hydrogen) atoms. The summed E-state index contributed by atoms with van der Waals surface area (Å²) in [5.41, 5.74) is 0. The van der Waals surface area contributed by atoms with Gasteiger partial charge in [-0.15, -0.1) is 0 Å². The van der Waals surface area contributed by atoms with Gasteiger partial charge in [-0.3, -0.25) is 4.79 Å². The van der Waals surface area contributed by atoms with Crippen molar-refractivity contribution < 1.29 is 9.53 Å². The Bertz CT molecular complexity index is 286. The van der Waals surface area contributed by atoms with Crippen LogP contribution < -0.4 is 4.74 Å². The lowest BCUT2D eigenvalue weighted by atomic mass is 9.89. The number of carbonyl (C=O) groups is 1. The van der Waals surface area contributed by atoms with E-state index in [1.807, 2.05) is 6.07 Å². The van der Waals surface area contributed by atoms with Crippen molar-refractivity contribution in [2.45, 2.75) is 32.1 Å². The van der Waals surface area contributed by atoms with Crippen molar-refractivity contribution in [3.8, 4) is 5.88 Å². The molecule has 1 aromatic heterocycles. The predicted octanol–water partition coefficient (Wildman–Crippen LogP) is 2.50. The van der Waals surface area contributed by atoms with Crippen LogP contribution in [0.25, 0.3) is 0 Å². The van der Waals surface area contributed by atoms with Gasteiger partial charge in [0.15, 0.2) is 0 Å². The second-order valence-corrected chi connectivity index (χ2v) is 3.79. The average Bonchev–Trinajstić information content (AvgIpc) is 2.72. The number of rotatable bonds is 2. The van der Waals surface area contributed by atoms with Gasteiger partial charge in [0.1, 0.15) is 0 Å². The van der Waals surface area contributed by atoms with Gasteiger partial charge in [-0.1, -0.05) is 19.3 Å². The third-order valence-corrected chi connectivity index (χ3v) is 2.72. The van der Waals surface area contributed by atoms with Gasteiger partial charge >= 0.3 is 5.97 Å². The molecule has 0 aromatic carbocycles. The van der Waals surface area contributed by atoms with Crippen LogP contribution in [0.15, 0.2) is 18.3 Å². The molecule has 0 atom stereocenters. The lowest BCUT2D eigenvalue weighted by Crippen LogP contribution is -2.22. The first-order chi connectivity index (χ1) is 6.86. The van der Waals surface area contributed by atoms with Gasteiger partial charge in [-0.05, 0) is 18.9 Å². The van der Waals surface area contributed by atoms with Gasteiger partial charge in [-0.25, -0.2) is 0 Å². The molecule has 1 heterocycles. The zero-order valence-electron chi connectivity index (χ0n) is 8.16. The standard InChI is InChI=1S/C11H15NO2/c13-11(9-5-2-1-3-6-9)14-10-7-4-8-12-10/h4,7-9,12H,1-3,5-6H2. The van der Waals surface area contributed by atoms with E-state index in [1.165, 1.54) is 6.42 Å². The van der Waals surface area contributed by atoms with Crippen molar-refractivity contribution in [3.63, 3.8) is 0 Å². The van der Waals surface area contributed by atoms with Gasteiger partial charge in [0, 0.05) is 12.3 Å². The van der Waals surface area contributed by atoms with E-state index in [2.05, 4.69) is 4.98 Å². The molecule has 2 rings (SSSR count). The molecule has 0 radical (unpaired) electrons. The Morgan fingerprint density at radius 2 is 2.14 bits per heavy atom. The average molecular weight is 193 g/mol. The highest BCUT2D eigenvalue weighted by Crippen LogP contribution is 2.25. The molecule has 1 saturated carbocycles. The lowest BCUT2D eigenvalue weighted by molar-refractivity contribution is -0.140. The van der Waals surface area contributed by atoms with Crippen molar-refractivity contribution in [1.29, 1.82) is 0 Å². The highest BCUT2D eigenvalue weighted by atomic mass is 16.5. The van der Waals surface area contributed by atoms with Crippen LogP contribution in [-0.2, 0) is 4.79 Å². The number of carbonyl (C=O) groups excluding carboxylic acids is 1. The molecule has 0 saturated heterocycles. The Morgan fingerprint density at radius 3 is 2.79 bits per heavy atom. The molecule has 1 aromatic rings. The summed E-state index contributed by atoms with van der Waals surface area (Å²) in [5, 5.41) is 0. The van der Waals surface area contributed by atoms with E-state index in [0.717, 1.165) is 25.7 Å². The van der Waals surface area contributed by atoms with E-state index in [9.17, 15) is 4.79 Å². The van der Waals surface area contributed by atoms with Gasteiger partial charge in [0.25, 0.3) is 0 Å². The molecule has 0 spiro atoms. The normalized spacial score (nSPS) is 18.0. The molecule has 1 aliphatic carbocycles. The SMILES string of the molecule is O=C(Oc1ccc[nH]1)C1CCCCC1. The fraction of sp³-hybridized carbons (Fsp3) is 0.545. The minimum absolute atomic E-state index is 0.0767. The number of aromatic nitrogens is 1. The van der Waals surface area contributed by atoms with Gasteiger partial charge in [0.05, 0.1) is 5.92 Å². The molecule has 76 valence electrons. The Morgan fingerprint density at radius 1 is 1.36 bits per heavy atom. The van der Waals surface area contributed by atoms with Gasteiger partial charge in [-0.2, -0.15) is 0 Å². The highest BCUT2D eigenvalue weighted by Gasteiger charge is 2.22. The van der Waals surface area contributed by atoms with Crippen molar-refractivity contribution in [1.82, 2.24) is 4.98 Å². The predicted molar refractivity (Wildman–Crippen MR) is 53.0 cm³/mol. The molecule has 0 aliphatic heterocycles. The number of aromatic amines is 1. The molecule has 1 fully saturated rings. The number of nitrogens with one attached hydrogen (secondary N) is 1. The molecule has 1 N–H and O–H groups in total. The number of hydrogen-bond donors (Lipinski definition) is 1. The molecule has 1 aliphatic rings. The van der Waals surface area contributed by atoms with E-state index in [1.54, 1.807) is 12.3 Å². The Kier molecular flexibility index (Phi) is 2.87. The Hall–Kier alpha value is -1.25. The third-order valence-electron chi connectivity index (χ3n) is 2.72. The zero-order chi connectivity index (χ0) is 9.80. The van der Waals surface area contributed by atoms with Crippen LogP contribution in [0, 0.1) is 5.92 Å². The van der Waals surface area contributed by atoms with Crippen LogP contribution in [0.1, 0.15) is 32.1 Å². The largest absolute Gasteiger partial charge is 0.409 e. The van der Waals surface area contributed by atoms with Crippen LogP contribution in [0.3, 0.4) is 0 Å². The minimum Gasteiger partial charge on any atom is -0.409 e. The summed E-state index contributed by atoms with van der Waals surface area (Å²) >= 11 is 0. The van der Waals surface area contributed by atoms with E-state index in [4.69, 9.17) is 4.74 Å². The summed E-state index contributed by atoms with van der Waals surface area (Å²) < 4.78 is 5.20. The number of H-pyrrole nitrogens is 1. The first-order valence-electron chi connectivity index (χ1n) is 5.21. The summed E-state index contributed by atoms with van der Waals surface area (Å²) in [7, 11) is 0. The smallest absolute Gasteiger partial charge is 0.315 e. The van der Waals surface area contributed by atoms with Crippen LogP contribution in [-0.4, -0.2) is 11.0 Å². The molecule has 0 amide bonds. The quantitative estimate of drug-likeness (QED) is 0.733. The number of ether oxygens (including phenoxy) is 1. The fourth-order valence-corrected chi connectivity index (χ4v) is 1.91. The number of hydrogen-bond acceptors (Lipinski definition) is 2. The molecule has 0 bridgehead atoms. The molecular weight excluding hydrogens is 178 g/mol. The summed E-state index contributed by atoms with van der Waals surface area (Å²) in [6.45, 7) is 0. The maximum Gasteiger partial charge on any atom is 0.315 e. The summed E-state index contributed by atoms with van der Waals surface area (Å²) in [6, 6.07) is 3.59. The number of esters is 1. The zero-order valence-corrected chi connectivity index (χ0v) is 8.16. The van der Waals surface area contributed by atoms with E-state index in [-0.39, 0.29) is 11.9 Å². The van der Waals surface area contributed by atoms with Crippen molar-refractivity contribution in [2.24, 2.45) is 5.92 Å². The van der Waals surface area contributed by atoms with E-state index >= 15 is 0 Å². The van der Waals surface area contributed by atoms with Crippen molar-refractivity contribution >= 4 is 5.97 Å². The molecular formula is C11H15NO2. The lowest BCUT2D eigenvalue weighted by Gasteiger charge is -2.19. The topological polar surface area (TPSA) is 42.1 Å². The monoisotopic (exact) mass is 193 g/mol. The summed E-state index contributed by atoms with van der Waals surface area (Å²) in [5.74, 6) is 0.597. The Labute approximate surface area is 83.5 Å². The first kappa shape index (κ1) is 9.31. The van der Waals surface area contributed by atoms with Crippen molar-refractivity contribution in [2.75, 3.05) is 0 Å². The third kappa shape index (κ3) is 2.16. The van der Waals surface area contributed by atoms with Crippen LogP contribution in [0.5, 0.6) is 5.88 Å². The fourth-order valence-electron chi connectivity index (χ4n) is 1.91. The highest BCUT2D eigenvalue weighted by molar-refractivity contribution is 5.74.